The fourth-order valence-corrected chi connectivity index (χ4v) is 10.5. The minimum atomic E-state index is 0.294. The van der Waals surface area contributed by atoms with Crippen molar-refractivity contribution in [2.75, 3.05) is 0 Å². The van der Waals surface area contributed by atoms with Crippen LogP contribution in [0.15, 0.2) is 107 Å². The molecule has 9 rings (SSSR count). The first-order chi connectivity index (χ1) is 25.0. The molecule has 0 aliphatic heterocycles. The van der Waals surface area contributed by atoms with Crippen LogP contribution in [0.2, 0.25) is 0 Å². The highest BCUT2D eigenvalue weighted by molar-refractivity contribution is 7.17. The smallest absolute Gasteiger partial charge is 0.160 e. The molecule has 0 radical (unpaired) electrons. The minimum absolute atomic E-state index is 0.294. The van der Waals surface area contributed by atoms with E-state index >= 15 is 0 Å². The predicted molar refractivity (Wildman–Crippen MR) is 215 cm³/mol. The van der Waals surface area contributed by atoms with E-state index in [9.17, 15) is 0 Å². The van der Waals surface area contributed by atoms with Crippen molar-refractivity contribution in [3.8, 4) is 22.6 Å². The van der Waals surface area contributed by atoms with Crippen molar-refractivity contribution >= 4 is 50.8 Å². The van der Waals surface area contributed by atoms with E-state index < -0.39 is 0 Å². The Labute approximate surface area is 304 Å². The summed E-state index contributed by atoms with van der Waals surface area (Å²) in [6.07, 6.45) is 21.8. The van der Waals surface area contributed by atoms with Crippen molar-refractivity contribution in [2.24, 2.45) is 5.92 Å². The molecular weight excluding hydrogens is 641 g/mol. The summed E-state index contributed by atoms with van der Waals surface area (Å²) in [6, 6.07) is 26.1. The molecule has 3 aromatic heterocycles. The van der Waals surface area contributed by atoms with E-state index in [1.165, 1.54) is 58.6 Å². The van der Waals surface area contributed by atoms with Crippen molar-refractivity contribution in [1.82, 2.24) is 9.97 Å². The third-order valence-electron chi connectivity index (χ3n) is 11.8. The predicted octanol–water partition coefficient (Wildman–Crippen LogP) is 11.6. The number of nitrogens with zero attached hydrogens (tertiary/aromatic N) is 2. The third kappa shape index (κ3) is 5.13. The molecule has 1 saturated carbocycles. The van der Waals surface area contributed by atoms with Crippen LogP contribution in [0, 0.1) is 12.8 Å². The number of hydrogen-bond acceptors (Lipinski definition) is 4. The molecule has 0 saturated heterocycles. The maximum absolute atomic E-state index is 6.89. The van der Waals surface area contributed by atoms with Crippen LogP contribution in [0.4, 0.5) is 0 Å². The highest BCUT2D eigenvalue weighted by Crippen LogP contribution is 2.59. The van der Waals surface area contributed by atoms with Gasteiger partial charge in [0, 0.05) is 43.2 Å². The SMILES string of the molecule is C/C=c1/sc2c(-c3cccc4c(C)c(/C=C(\C)C5=CC6c7ccccc7C7(CCCCC7)C6C=C5)oc34)nc(-c3ccccc3)nc2/c1=C\CC. The first-order valence-electron chi connectivity index (χ1n) is 18.7. The molecule has 2 atom stereocenters. The Hall–Kier alpha value is -4.80. The average Bonchev–Trinajstić information content (AvgIpc) is 3.79. The van der Waals surface area contributed by atoms with E-state index in [1.54, 1.807) is 16.9 Å². The van der Waals surface area contributed by atoms with Crippen molar-refractivity contribution in [3.05, 3.63) is 134 Å². The van der Waals surface area contributed by atoms with Crippen LogP contribution in [0.3, 0.4) is 0 Å². The Kier molecular flexibility index (Phi) is 8.04. The molecule has 1 fully saturated rings. The lowest BCUT2D eigenvalue weighted by atomic mass is 9.63. The Bertz CT molecular complexity index is 2540. The van der Waals surface area contributed by atoms with Crippen LogP contribution < -0.4 is 9.75 Å². The quantitative estimate of drug-likeness (QED) is 0.181. The monoisotopic (exact) mass is 684 g/mol. The van der Waals surface area contributed by atoms with Crippen LogP contribution >= 0.6 is 11.3 Å². The lowest BCUT2D eigenvalue weighted by Crippen LogP contribution is -2.34. The first kappa shape index (κ1) is 32.1. The van der Waals surface area contributed by atoms with Crippen molar-refractivity contribution < 1.29 is 4.42 Å². The molecular formula is C47H44N2OS. The molecule has 254 valence electrons. The van der Waals surface area contributed by atoms with Crippen LogP contribution in [0.5, 0.6) is 0 Å². The lowest BCUT2D eigenvalue weighted by molar-refractivity contribution is 0.233. The van der Waals surface area contributed by atoms with E-state index in [0.29, 0.717) is 17.3 Å². The molecule has 0 bridgehead atoms. The summed E-state index contributed by atoms with van der Waals surface area (Å²) < 4.78 is 9.21. The second kappa shape index (κ2) is 12.8. The average molecular weight is 685 g/mol. The van der Waals surface area contributed by atoms with Gasteiger partial charge in [-0.3, -0.25) is 0 Å². The zero-order valence-corrected chi connectivity index (χ0v) is 30.8. The summed E-state index contributed by atoms with van der Waals surface area (Å²) in [6.45, 7) is 8.72. The number of rotatable bonds is 5. The molecule has 6 aromatic rings. The summed E-state index contributed by atoms with van der Waals surface area (Å²) in [5.41, 5.74) is 11.9. The first-order valence-corrected chi connectivity index (χ1v) is 19.6. The van der Waals surface area contributed by atoms with Gasteiger partial charge in [-0.1, -0.05) is 123 Å². The number of hydrogen-bond donors (Lipinski definition) is 0. The number of aromatic nitrogens is 2. The summed E-state index contributed by atoms with van der Waals surface area (Å²) >= 11 is 1.77. The molecule has 1 spiro atoms. The van der Waals surface area contributed by atoms with Crippen LogP contribution in [-0.2, 0) is 5.41 Å². The molecule has 3 aliphatic rings. The van der Waals surface area contributed by atoms with Gasteiger partial charge in [-0.2, -0.15) is 0 Å². The maximum Gasteiger partial charge on any atom is 0.160 e. The Morgan fingerprint density at radius 3 is 2.57 bits per heavy atom. The number of aryl methyl sites for hydroxylation is 1. The van der Waals surface area contributed by atoms with Gasteiger partial charge in [-0.15, -0.1) is 11.3 Å². The molecule has 0 amide bonds. The number of furan rings is 1. The summed E-state index contributed by atoms with van der Waals surface area (Å²) in [5, 5.41) is 2.31. The van der Waals surface area contributed by atoms with Gasteiger partial charge in [0.05, 0.1) is 15.9 Å². The molecule has 2 unspecified atom stereocenters. The van der Waals surface area contributed by atoms with Crippen LogP contribution in [-0.4, -0.2) is 9.97 Å². The second-order valence-electron chi connectivity index (χ2n) is 14.7. The largest absolute Gasteiger partial charge is 0.456 e. The second-order valence-corrected chi connectivity index (χ2v) is 15.7. The molecule has 0 N–H and O–H groups in total. The number of benzene rings is 3. The standard InChI is InChI=1S/C47H44N2OS/c1-5-16-35-41(6-2)51-45-42(35)48-46(31-17-9-7-10-18-31)49-43(45)36-21-15-20-33-30(4)40(50-44(33)36)27-29(3)32-23-24-39-37(28-32)34-19-11-12-22-38(34)47(39)25-13-8-14-26-47/h6-7,9-12,15-24,27-28,37,39H,5,8,13-14,25-26H2,1-4H3/b29-27+,35-16-,41-6+. The van der Waals surface area contributed by atoms with Gasteiger partial charge in [0.25, 0.3) is 0 Å². The van der Waals surface area contributed by atoms with Gasteiger partial charge >= 0.3 is 0 Å². The Balaban J connectivity index is 1.16. The fraction of sp³-hybridized carbons (Fsp3) is 0.277. The zero-order chi connectivity index (χ0) is 34.7. The van der Waals surface area contributed by atoms with Gasteiger partial charge in [0.15, 0.2) is 5.82 Å². The highest BCUT2D eigenvalue weighted by Gasteiger charge is 2.50. The Morgan fingerprint density at radius 1 is 0.961 bits per heavy atom. The molecule has 51 heavy (non-hydrogen) atoms. The van der Waals surface area contributed by atoms with Crippen LogP contribution in [0.1, 0.15) is 87.7 Å². The number of allylic oxidation sites excluding steroid dienone is 5. The van der Waals surface area contributed by atoms with Crippen molar-refractivity contribution in [2.45, 2.75) is 77.6 Å². The molecule has 3 aromatic carbocycles. The topological polar surface area (TPSA) is 38.9 Å². The normalized spacial score (nSPS) is 20.4. The van der Waals surface area contributed by atoms with Crippen molar-refractivity contribution in [3.63, 3.8) is 0 Å². The van der Waals surface area contributed by atoms with Crippen LogP contribution in [0.25, 0.3) is 62.1 Å². The minimum Gasteiger partial charge on any atom is -0.456 e. The molecule has 4 heteroatoms. The van der Waals surface area contributed by atoms with Gasteiger partial charge < -0.3 is 4.42 Å². The van der Waals surface area contributed by atoms with E-state index in [4.69, 9.17) is 14.4 Å². The van der Waals surface area contributed by atoms with E-state index in [-0.39, 0.29) is 0 Å². The maximum atomic E-state index is 6.89. The number of fused-ring (bicyclic) bond motifs is 7. The van der Waals surface area contributed by atoms with Gasteiger partial charge in [-0.05, 0) is 80.4 Å². The fourth-order valence-electron chi connectivity index (χ4n) is 9.35. The summed E-state index contributed by atoms with van der Waals surface area (Å²) in [7, 11) is 0. The van der Waals surface area contributed by atoms with E-state index in [2.05, 4.69) is 131 Å². The Morgan fingerprint density at radius 2 is 1.76 bits per heavy atom. The number of thiophene rings is 1. The molecule has 3 nitrogen and oxygen atoms in total. The van der Waals surface area contributed by atoms with Crippen molar-refractivity contribution in [1.29, 1.82) is 0 Å². The summed E-state index contributed by atoms with van der Waals surface area (Å²) in [5.74, 6) is 2.62. The van der Waals surface area contributed by atoms with Gasteiger partial charge in [0.2, 0.25) is 0 Å². The third-order valence-corrected chi connectivity index (χ3v) is 13.1. The van der Waals surface area contributed by atoms with Gasteiger partial charge in [0.1, 0.15) is 11.3 Å². The summed E-state index contributed by atoms with van der Waals surface area (Å²) in [4.78, 5) is 10.4. The molecule has 3 heterocycles. The van der Waals surface area contributed by atoms with E-state index in [0.717, 1.165) is 61.6 Å². The zero-order valence-electron chi connectivity index (χ0n) is 30.0. The lowest BCUT2D eigenvalue weighted by Gasteiger charge is -2.41. The van der Waals surface area contributed by atoms with E-state index in [1.807, 2.05) is 6.07 Å². The molecule has 3 aliphatic carbocycles. The highest BCUT2D eigenvalue weighted by atomic mass is 32.1. The van der Waals surface area contributed by atoms with Gasteiger partial charge in [-0.25, -0.2) is 9.97 Å². The number of para-hydroxylation sites is 1.